The maximum Gasteiger partial charge on any atom is 0.417 e. The van der Waals surface area contributed by atoms with E-state index in [-0.39, 0.29) is 24.3 Å². The van der Waals surface area contributed by atoms with Crippen molar-refractivity contribution in [1.29, 1.82) is 0 Å². The first kappa shape index (κ1) is 25.4. The van der Waals surface area contributed by atoms with Crippen LogP contribution in [-0.4, -0.2) is 35.9 Å². The highest BCUT2D eigenvalue weighted by Crippen LogP contribution is 2.29. The fraction of sp³-hybridized carbons (Fsp3) is 0.292. The number of aromatic nitrogens is 1. The van der Waals surface area contributed by atoms with Gasteiger partial charge in [0.25, 0.3) is 0 Å². The minimum Gasteiger partial charge on any atom is -0.497 e. The summed E-state index contributed by atoms with van der Waals surface area (Å²) in [7, 11) is 1.55. The average molecular weight is 481 g/mol. The van der Waals surface area contributed by atoms with E-state index in [0.29, 0.717) is 18.5 Å². The fourth-order valence-electron chi connectivity index (χ4n) is 3.39. The first-order valence-corrected chi connectivity index (χ1v) is 10.4. The lowest BCUT2D eigenvalue weighted by atomic mass is 10.0. The minimum absolute atomic E-state index is 0.000606. The number of hydrogen-bond donors (Lipinski definition) is 3. The molecule has 0 saturated heterocycles. The second kappa shape index (κ2) is 11.3. The highest BCUT2D eigenvalue weighted by molar-refractivity contribution is 5.38. The van der Waals surface area contributed by atoms with E-state index >= 15 is 0 Å². The van der Waals surface area contributed by atoms with Crippen LogP contribution < -0.4 is 15.4 Å². The molecule has 0 aliphatic heterocycles. The first-order valence-electron chi connectivity index (χ1n) is 10.4. The van der Waals surface area contributed by atoms with Gasteiger partial charge in [-0.1, -0.05) is 12.1 Å². The van der Waals surface area contributed by atoms with Crippen molar-refractivity contribution in [3.05, 3.63) is 89.1 Å². The van der Waals surface area contributed by atoms with Gasteiger partial charge in [0.1, 0.15) is 23.2 Å². The topological polar surface area (TPSA) is 66.4 Å². The van der Waals surface area contributed by atoms with Crippen LogP contribution in [0.25, 0.3) is 0 Å². The molecule has 3 aromatic rings. The normalized spacial score (nSPS) is 13.4. The number of benzene rings is 2. The zero-order chi connectivity index (χ0) is 24.7. The van der Waals surface area contributed by atoms with E-state index in [1.165, 1.54) is 0 Å². The summed E-state index contributed by atoms with van der Waals surface area (Å²) in [6.07, 6.45) is -4.93. The Morgan fingerprint density at radius 3 is 2.35 bits per heavy atom. The van der Waals surface area contributed by atoms with E-state index in [2.05, 4.69) is 15.6 Å². The molecular formula is C24H24F5N3O2. The van der Waals surface area contributed by atoms with Gasteiger partial charge >= 0.3 is 6.18 Å². The summed E-state index contributed by atoms with van der Waals surface area (Å²) in [5.41, 5.74) is 0.267. The molecule has 0 aliphatic carbocycles. The van der Waals surface area contributed by atoms with Gasteiger partial charge in [-0.2, -0.15) is 13.2 Å². The van der Waals surface area contributed by atoms with Crippen molar-refractivity contribution >= 4 is 5.82 Å². The Kier molecular flexibility index (Phi) is 8.41. The number of pyridine rings is 1. The van der Waals surface area contributed by atoms with Crippen LogP contribution in [0.3, 0.4) is 0 Å². The number of nitrogens with one attached hydrogen (secondary N) is 2. The Bertz CT molecular complexity index is 1060. The zero-order valence-corrected chi connectivity index (χ0v) is 18.2. The summed E-state index contributed by atoms with van der Waals surface area (Å²) in [5.74, 6) is -0.776. The molecule has 0 saturated carbocycles. The number of nitrogens with zero attached hydrogens (tertiary/aromatic N) is 1. The molecule has 2 unspecified atom stereocenters. The van der Waals surface area contributed by atoms with Crippen LogP contribution in [0.5, 0.6) is 5.75 Å². The molecule has 10 heteroatoms. The molecule has 2 aromatic carbocycles. The summed E-state index contributed by atoms with van der Waals surface area (Å²) in [5, 5.41) is 16.8. The maximum absolute atomic E-state index is 13.7. The summed E-state index contributed by atoms with van der Waals surface area (Å²) in [6.45, 7) is 0.501. The molecule has 0 amide bonds. The maximum atomic E-state index is 13.7. The van der Waals surface area contributed by atoms with Crippen molar-refractivity contribution < 1.29 is 31.8 Å². The van der Waals surface area contributed by atoms with Crippen molar-refractivity contribution in [3.63, 3.8) is 0 Å². The SMILES string of the molecule is COc1cccc(CNCC(O)C(Cc2cc(F)cc(F)c2)Nc2ccc(C(F)(F)F)cn2)c1. The van der Waals surface area contributed by atoms with Gasteiger partial charge in [0, 0.05) is 25.4 Å². The summed E-state index contributed by atoms with van der Waals surface area (Å²) >= 11 is 0. The fourth-order valence-corrected chi connectivity index (χ4v) is 3.39. The molecule has 1 aromatic heterocycles. The Morgan fingerprint density at radius 1 is 1.00 bits per heavy atom. The molecule has 0 fully saturated rings. The van der Waals surface area contributed by atoms with Gasteiger partial charge in [-0.05, 0) is 53.9 Å². The van der Waals surface area contributed by atoms with Gasteiger partial charge in [-0.3, -0.25) is 0 Å². The number of ether oxygens (including phenoxy) is 1. The summed E-state index contributed by atoms with van der Waals surface area (Å²) in [6, 6.07) is 11.5. The molecule has 3 N–H and O–H groups in total. The molecule has 1 heterocycles. The number of aliphatic hydroxyl groups excluding tert-OH is 1. The van der Waals surface area contributed by atoms with Crippen molar-refractivity contribution in [2.24, 2.45) is 0 Å². The third kappa shape index (κ3) is 7.39. The molecule has 5 nitrogen and oxygen atoms in total. The lowest BCUT2D eigenvalue weighted by Gasteiger charge is -2.25. The van der Waals surface area contributed by atoms with Crippen LogP contribution in [0.4, 0.5) is 27.8 Å². The number of halogens is 5. The van der Waals surface area contributed by atoms with Gasteiger partial charge in [0.05, 0.1) is 24.8 Å². The second-order valence-electron chi connectivity index (χ2n) is 7.71. The van der Waals surface area contributed by atoms with Crippen molar-refractivity contribution in [1.82, 2.24) is 10.3 Å². The standard InChI is InChI=1S/C24H24F5N3O2/c1-34-20-4-2-3-15(9-20)12-30-14-22(33)21(10-16-7-18(25)11-19(26)8-16)32-23-6-5-17(13-31-23)24(27,28)29/h2-9,11,13,21-22,30,33H,10,12,14H2,1H3,(H,31,32). The Hall–Kier alpha value is -3.24. The number of hydrogen-bond acceptors (Lipinski definition) is 5. The summed E-state index contributed by atoms with van der Waals surface area (Å²) in [4.78, 5) is 3.77. The smallest absolute Gasteiger partial charge is 0.417 e. The lowest BCUT2D eigenvalue weighted by Crippen LogP contribution is -2.42. The highest BCUT2D eigenvalue weighted by Gasteiger charge is 2.31. The molecular weight excluding hydrogens is 457 g/mol. The van der Waals surface area contributed by atoms with E-state index in [0.717, 1.165) is 35.9 Å². The molecule has 0 bridgehead atoms. The Balaban J connectivity index is 1.71. The van der Waals surface area contributed by atoms with E-state index in [9.17, 15) is 27.1 Å². The lowest BCUT2D eigenvalue weighted by molar-refractivity contribution is -0.137. The molecule has 2 atom stereocenters. The first-order chi connectivity index (χ1) is 16.1. The van der Waals surface area contributed by atoms with E-state index in [4.69, 9.17) is 4.74 Å². The Labute approximate surface area is 193 Å². The highest BCUT2D eigenvalue weighted by atomic mass is 19.4. The largest absolute Gasteiger partial charge is 0.497 e. The van der Waals surface area contributed by atoms with Crippen molar-refractivity contribution in [2.45, 2.75) is 31.3 Å². The molecule has 0 radical (unpaired) electrons. The van der Waals surface area contributed by atoms with Crippen LogP contribution in [0.1, 0.15) is 16.7 Å². The van der Waals surface area contributed by atoms with Gasteiger partial charge < -0.3 is 20.5 Å². The van der Waals surface area contributed by atoms with E-state index < -0.39 is 35.5 Å². The predicted molar refractivity (Wildman–Crippen MR) is 117 cm³/mol. The average Bonchev–Trinajstić information content (AvgIpc) is 2.78. The number of anilines is 1. The molecule has 34 heavy (non-hydrogen) atoms. The van der Waals surface area contributed by atoms with Crippen molar-refractivity contribution in [3.8, 4) is 5.75 Å². The predicted octanol–water partition coefficient (Wildman–Crippen LogP) is 4.56. The van der Waals surface area contributed by atoms with Crippen LogP contribution in [0.2, 0.25) is 0 Å². The Morgan fingerprint density at radius 2 is 1.74 bits per heavy atom. The van der Waals surface area contributed by atoms with Gasteiger partial charge in [-0.15, -0.1) is 0 Å². The zero-order valence-electron chi connectivity index (χ0n) is 18.2. The van der Waals surface area contributed by atoms with Crippen LogP contribution >= 0.6 is 0 Å². The second-order valence-corrected chi connectivity index (χ2v) is 7.71. The van der Waals surface area contributed by atoms with E-state index in [1.807, 2.05) is 18.2 Å². The van der Waals surface area contributed by atoms with Gasteiger partial charge in [0.15, 0.2) is 0 Å². The molecule has 182 valence electrons. The summed E-state index contributed by atoms with van der Waals surface area (Å²) < 4.78 is 70.9. The number of rotatable bonds is 10. The quantitative estimate of drug-likeness (QED) is 0.371. The molecule has 0 spiro atoms. The molecule has 3 rings (SSSR count). The third-order valence-corrected chi connectivity index (χ3v) is 5.08. The monoisotopic (exact) mass is 481 g/mol. The number of alkyl halides is 3. The van der Waals surface area contributed by atoms with Gasteiger partial charge in [0.2, 0.25) is 0 Å². The van der Waals surface area contributed by atoms with Crippen LogP contribution in [0.15, 0.2) is 60.8 Å². The number of methoxy groups -OCH3 is 1. The van der Waals surface area contributed by atoms with E-state index in [1.54, 1.807) is 13.2 Å². The van der Waals surface area contributed by atoms with Gasteiger partial charge in [-0.25, -0.2) is 13.8 Å². The van der Waals surface area contributed by atoms with Crippen LogP contribution in [0, 0.1) is 11.6 Å². The third-order valence-electron chi connectivity index (χ3n) is 5.08. The van der Waals surface area contributed by atoms with Crippen molar-refractivity contribution in [2.75, 3.05) is 19.0 Å². The van der Waals surface area contributed by atoms with Crippen LogP contribution in [-0.2, 0) is 19.1 Å². The number of aliphatic hydroxyl groups is 1. The minimum atomic E-state index is -4.53. The molecule has 0 aliphatic rings.